The maximum Gasteiger partial charge on any atom is 0.131 e. The van der Waals surface area contributed by atoms with Gasteiger partial charge < -0.3 is 15.0 Å². The lowest BCUT2D eigenvalue weighted by Gasteiger charge is -2.29. The molecule has 0 radical (unpaired) electrons. The number of methoxy groups -OCH3 is 1. The van der Waals surface area contributed by atoms with Crippen LogP contribution in [0.15, 0.2) is 12.3 Å². The third kappa shape index (κ3) is 3.96. The number of hydrogen-bond donors (Lipinski definition) is 1. The van der Waals surface area contributed by atoms with E-state index in [9.17, 15) is 0 Å². The molecule has 102 valence electrons. The van der Waals surface area contributed by atoms with Gasteiger partial charge in [0.2, 0.25) is 0 Å². The molecule has 0 unspecified atom stereocenters. The number of anilines is 1. The largest absolute Gasteiger partial charge is 0.383 e. The number of ether oxygens (including phenoxy) is 1. The molecule has 0 aliphatic rings. The van der Waals surface area contributed by atoms with Crippen molar-refractivity contribution in [2.24, 2.45) is 0 Å². The first-order chi connectivity index (χ1) is 8.60. The van der Waals surface area contributed by atoms with Crippen molar-refractivity contribution < 1.29 is 4.74 Å². The zero-order chi connectivity index (χ0) is 13.5. The lowest BCUT2D eigenvalue weighted by atomic mass is 10.1. The van der Waals surface area contributed by atoms with Gasteiger partial charge in [-0.2, -0.15) is 0 Å². The van der Waals surface area contributed by atoms with Crippen LogP contribution in [0, 0.1) is 6.92 Å². The van der Waals surface area contributed by atoms with Crippen LogP contribution in [-0.2, 0) is 11.3 Å². The van der Waals surface area contributed by atoms with Crippen molar-refractivity contribution in [3.63, 3.8) is 0 Å². The monoisotopic (exact) mass is 251 g/mol. The van der Waals surface area contributed by atoms with Gasteiger partial charge >= 0.3 is 0 Å². The molecule has 0 saturated carbocycles. The lowest BCUT2D eigenvalue weighted by Crippen LogP contribution is -2.35. The van der Waals surface area contributed by atoms with Gasteiger partial charge in [-0.15, -0.1) is 0 Å². The van der Waals surface area contributed by atoms with E-state index in [0.717, 1.165) is 25.5 Å². The number of nitrogens with one attached hydrogen (secondary N) is 1. The summed E-state index contributed by atoms with van der Waals surface area (Å²) in [6.45, 7) is 8.92. The molecule has 0 fully saturated rings. The van der Waals surface area contributed by atoms with Gasteiger partial charge in [0, 0.05) is 32.4 Å². The summed E-state index contributed by atoms with van der Waals surface area (Å²) in [5, 5.41) is 3.14. The van der Waals surface area contributed by atoms with Crippen molar-refractivity contribution in [3.05, 3.63) is 23.4 Å². The minimum absolute atomic E-state index is 0.418. The predicted molar refractivity (Wildman–Crippen MR) is 76.1 cm³/mol. The first kappa shape index (κ1) is 14.9. The molecule has 4 heteroatoms. The Morgan fingerprint density at radius 3 is 2.67 bits per heavy atom. The molecule has 1 N–H and O–H groups in total. The molecule has 4 nitrogen and oxygen atoms in total. The van der Waals surface area contributed by atoms with Crippen molar-refractivity contribution in [1.29, 1.82) is 0 Å². The summed E-state index contributed by atoms with van der Waals surface area (Å²) >= 11 is 0. The molecule has 1 heterocycles. The fraction of sp³-hybridized carbons (Fsp3) is 0.643. The van der Waals surface area contributed by atoms with Crippen LogP contribution in [0.1, 0.15) is 25.0 Å². The van der Waals surface area contributed by atoms with E-state index in [4.69, 9.17) is 4.74 Å². The molecule has 0 aliphatic carbocycles. The molecular weight excluding hydrogens is 226 g/mol. The fourth-order valence-electron chi connectivity index (χ4n) is 2.03. The molecular formula is C14H25N3O. The van der Waals surface area contributed by atoms with E-state index in [1.165, 1.54) is 11.1 Å². The highest BCUT2D eigenvalue weighted by Crippen LogP contribution is 2.20. The second-order valence-corrected chi connectivity index (χ2v) is 4.79. The highest BCUT2D eigenvalue weighted by Gasteiger charge is 2.14. The highest BCUT2D eigenvalue weighted by molar-refractivity contribution is 5.48. The maximum atomic E-state index is 5.17. The van der Waals surface area contributed by atoms with E-state index >= 15 is 0 Å². The first-order valence-corrected chi connectivity index (χ1v) is 6.45. The zero-order valence-electron chi connectivity index (χ0n) is 12.2. The minimum atomic E-state index is 0.418. The van der Waals surface area contributed by atoms with Gasteiger partial charge in [-0.25, -0.2) is 4.98 Å². The van der Waals surface area contributed by atoms with Gasteiger partial charge in [-0.1, -0.05) is 0 Å². The Kier molecular flexibility index (Phi) is 6.09. The molecule has 1 rings (SSSR count). The van der Waals surface area contributed by atoms with E-state index < -0.39 is 0 Å². The van der Waals surface area contributed by atoms with Crippen molar-refractivity contribution in [1.82, 2.24) is 10.3 Å². The smallest absolute Gasteiger partial charge is 0.131 e. The van der Waals surface area contributed by atoms with Gasteiger partial charge in [-0.3, -0.25) is 0 Å². The average Bonchev–Trinajstić information content (AvgIpc) is 2.32. The summed E-state index contributed by atoms with van der Waals surface area (Å²) in [6, 6.07) is 2.61. The number of hydrogen-bond acceptors (Lipinski definition) is 4. The van der Waals surface area contributed by atoms with E-state index in [1.807, 2.05) is 13.2 Å². The maximum absolute atomic E-state index is 5.17. The SMILES string of the molecule is CNCc1cnc(N(CCOC)C(C)C)c(C)c1. The lowest BCUT2D eigenvalue weighted by molar-refractivity contribution is 0.203. The summed E-state index contributed by atoms with van der Waals surface area (Å²) in [5.41, 5.74) is 2.43. The van der Waals surface area contributed by atoms with Gasteiger partial charge in [0.25, 0.3) is 0 Å². The number of aryl methyl sites for hydroxylation is 1. The molecule has 0 amide bonds. The normalized spacial score (nSPS) is 11.0. The molecule has 0 aromatic carbocycles. The second kappa shape index (κ2) is 7.34. The van der Waals surface area contributed by atoms with Crippen LogP contribution in [0.3, 0.4) is 0 Å². The molecule has 0 saturated heterocycles. The van der Waals surface area contributed by atoms with E-state index in [2.05, 4.69) is 42.0 Å². The molecule has 0 bridgehead atoms. The third-order valence-electron chi connectivity index (χ3n) is 2.92. The Bertz CT molecular complexity index is 366. The van der Waals surface area contributed by atoms with Gasteiger partial charge in [-0.05, 0) is 45.0 Å². The summed E-state index contributed by atoms with van der Waals surface area (Å²) in [4.78, 5) is 6.88. The second-order valence-electron chi connectivity index (χ2n) is 4.79. The summed E-state index contributed by atoms with van der Waals surface area (Å²) < 4.78 is 5.17. The Labute approximate surface area is 110 Å². The fourth-order valence-corrected chi connectivity index (χ4v) is 2.03. The van der Waals surface area contributed by atoms with E-state index in [1.54, 1.807) is 7.11 Å². The molecule has 0 aliphatic heterocycles. The number of rotatable bonds is 7. The summed E-state index contributed by atoms with van der Waals surface area (Å²) in [5.74, 6) is 1.06. The standard InChI is InChI=1S/C14H25N3O/c1-11(2)17(6-7-18-5)14-12(3)8-13(9-15-4)10-16-14/h8,10-11,15H,6-7,9H2,1-5H3. The van der Waals surface area contributed by atoms with Gasteiger partial charge in [0.05, 0.1) is 6.61 Å². The first-order valence-electron chi connectivity index (χ1n) is 6.45. The number of nitrogens with zero attached hydrogens (tertiary/aromatic N) is 2. The van der Waals surface area contributed by atoms with Crippen molar-refractivity contribution in [2.75, 3.05) is 32.2 Å². The number of pyridine rings is 1. The Morgan fingerprint density at radius 2 is 2.17 bits per heavy atom. The van der Waals surface area contributed by atoms with Crippen LogP contribution in [0.2, 0.25) is 0 Å². The predicted octanol–water partition coefficient (Wildman–Crippen LogP) is 1.97. The summed E-state index contributed by atoms with van der Waals surface area (Å²) in [6.07, 6.45) is 1.95. The molecule has 1 aromatic heterocycles. The Balaban J connectivity index is 2.90. The Hall–Kier alpha value is -1.13. The van der Waals surface area contributed by atoms with Crippen LogP contribution in [0.25, 0.3) is 0 Å². The highest BCUT2D eigenvalue weighted by atomic mass is 16.5. The topological polar surface area (TPSA) is 37.4 Å². The molecule has 1 aromatic rings. The van der Waals surface area contributed by atoms with Gasteiger partial charge in [0.15, 0.2) is 0 Å². The number of aromatic nitrogens is 1. The summed E-state index contributed by atoms with van der Waals surface area (Å²) in [7, 11) is 3.68. The average molecular weight is 251 g/mol. The van der Waals surface area contributed by atoms with E-state index in [0.29, 0.717) is 6.04 Å². The van der Waals surface area contributed by atoms with Crippen LogP contribution in [0.5, 0.6) is 0 Å². The minimum Gasteiger partial charge on any atom is -0.383 e. The Morgan fingerprint density at radius 1 is 1.44 bits per heavy atom. The molecule has 0 spiro atoms. The van der Waals surface area contributed by atoms with Gasteiger partial charge in [0.1, 0.15) is 5.82 Å². The van der Waals surface area contributed by atoms with Crippen molar-refractivity contribution in [2.45, 2.75) is 33.4 Å². The van der Waals surface area contributed by atoms with Crippen LogP contribution in [0.4, 0.5) is 5.82 Å². The quantitative estimate of drug-likeness (QED) is 0.804. The molecule has 0 atom stereocenters. The van der Waals surface area contributed by atoms with Crippen molar-refractivity contribution >= 4 is 5.82 Å². The van der Waals surface area contributed by atoms with Crippen LogP contribution < -0.4 is 10.2 Å². The zero-order valence-corrected chi connectivity index (χ0v) is 12.2. The van der Waals surface area contributed by atoms with Crippen LogP contribution >= 0.6 is 0 Å². The van der Waals surface area contributed by atoms with Crippen LogP contribution in [-0.4, -0.2) is 38.3 Å². The third-order valence-corrected chi connectivity index (χ3v) is 2.92. The molecule has 18 heavy (non-hydrogen) atoms. The van der Waals surface area contributed by atoms with Crippen molar-refractivity contribution in [3.8, 4) is 0 Å². The van der Waals surface area contributed by atoms with E-state index in [-0.39, 0.29) is 0 Å².